The van der Waals surface area contributed by atoms with Gasteiger partial charge in [0.05, 0.1) is 25.0 Å². The second kappa shape index (κ2) is 6.85. The van der Waals surface area contributed by atoms with Crippen molar-refractivity contribution in [1.29, 1.82) is 0 Å². The zero-order valence-electron chi connectivity index (χ0n) is 12.7. The number of likely N-dealkylation sites (tertiary alicyclic amines) is 1. The van der Waals surface area contributed by atoms with Crippen LogP contribution in [0.4, 0.5) is 0 Å². The van der Waals surface area contributed by atoms with Crippen LogP contribution in [0.25, 0.3) is 0 Å². The Morgan fingerprint density at radius 2 is 1.86 bits per heavy atom. The normalized spacial score (nSPS) is 24.6. The van der Waals surface area contributed by atoms with Gasteiger partial charge in [0.2, 0.25) is 17.7 Å². The number of carbonyl (C=O) groups excluding carboxylic acids is 3. The summed E-state index contributed by atoms with van der Waals surface area (Å²) in [5, 5.41) is 2.78. The highest BCUT2D eigenvalue weighted by molar-refractivity contribution is 6.05. The topological polar surface area (TPSA) is 69.7 Å². The lowest BCUT2D eigenvalue weighted by molar-refractivity contribution is -0.143. The third kappa shape index (κ3) is 3.50. The number of carbonyl (C=O) groups is 3. The van der Waals surface area contributed by atoms with Crippen LogP contribution in [0.15, 0.2) is 12.2 Å². The molecule has 1 fully saturated rings. The Labute approximate surface area is 125 Å². The smallest absolute Gasteiger partial charge is 0.234 e. The summed E-state index contributed by atoms with van der Waals surface area (Å²) < 4.78 is 0. The second-order valence-corrected chi connectivity index (χ2v) is 5.77. The van der Waals surface area contributed by atoms with Crippen LogP contribution in [0.3, 0.4) is 0 Å². The van der Waals surface area contributed by atoms with Gasteiger partial charge in [-0.3, -0.25) is 24.2 Å². The van der Waals surface area contributed by atoms with Crippen LogP contribution >= 0.6 is 0 Å². The molecule has 2 atom stereocenters. The molecule has 0 spiro atoms. The molecule has 2 aliphatic rings. The van der Waals surface area contributed by atoms with Gasteiger partial charge in [-0.1, -0.05) is 19.1 Å². The van der Waals surface area contributed by atoms with Crippen molar-refractivity contribution in [2.45, 2.75) is 26.2 Å². The summed E-state index contributed by atoms with van der Waals surface area (Å²) in [6.07, 6.45) is 6.11. The molecule has 116 valence electrons. The first-order valence-electron chi connectivity index (χ1n) is 7.50. The number of nitrogens with one attached hydrogen (secondary N) is 1. The van der Waals surface area contributed by atoms with E-state index >= 15 is 0 Å². The number of fused-ring (bicyclic) bond motifs is 1. The molecule has 0 saturated carbocycles. The molecule has 0 radical (unpaired) electrons. The van der Waals surface area contributed by atoms with Crippen LogP contribution in [0.1, 0.15) is 26.2 Å². The summed E-state index contributed by atoms with van der Waals surface area (Å²) >= 11 is 0. The number of hydrogen-bond donors (Lipinski definition) is 1. The van der Waals surface area contributed by atoms with Crippen LogP contribution in [-0.4, -0.2) is 54.3 Å². The third-order valence-electron chi connectivity index (χ3n) is 3.97. The Hall–Kier alpha value is -1.69. The Morgan fingerprint density at radius 1 is 1.29 bits per heavy atom. The van der Waals surface area contributed by atoms with E-state index in [1.165, 1.54) is 4.90 Å². The zero-order valence-corrected chi connectivity index (χ0v) is 12.7. The number of imide groups is 1. The summed E-state index contributed by atoms with van der Waals surface area (Å²) in [6, 6.07) is 0. The second-order valence-electron chi connectivity index (χ2n) is 5.77. The number of allylic oxidation sites excluding steroid dienone is 2. The molecule has 1 aliphatic carbocycles. The van der Waals surface area contributed by atoms with Gasteiger partial charge in [-0.05, 0) is 26.3 Å². The van der Waals surface area contributed by atoms with Gasteiger partial charge in [-0.25, -0.2) is 0 Å². The lowest BCUT2D eigenvalue weighted by Gasteiger charge is -2.22. The lowest BCUT2D eigenvalue weighted by Crippen LogP contribution is -2.44. The first-order chi connectivity index (χ1) is 10.0. The van der Waals surface area contributed by atoms with E-state index in [0.29, 0.717) is 19.4 Å². The van der Waals surface area contributed by atoms with Crippen molar-refractivity contribution in [3.63, 3.8) is 0 Å². The largest absolute Gasteiger partial charge is 0.355 e. The molecule has 1 aliphatic heterocycles. The molecule has 0 aromatic carbocycles. The fourth-order valence-electron chi connectivity index (χ4n) is 2.87. The average Bonchev–Trinajstić information content (AvgIpc) is 2.71. The quantitative estimate of drug-likeness (QED) is 0.567. The SMILES string of the molecule is CCCNC(=O)CN(C)CN1C(=O)[C@H]2CC=CC[C@@H]2C1=O. The van der Waals surface area contributed by atoms with Crippen molar-refractivity contribution in [3.8, 4) is 0 Å². The third-order valence-corrected chi connectivity index (χ3v) is 3.97. The van der Waals surface area contributed by atoms with Crippen molar-refractivity contribution >= 4 is 17.7 Å². The minimum Gasteiger partial charge on any atom is -0.355 e. The van der Waals surface area contributed by atoms with Crippen molar-refractivity contribution in [3.05, 3.63) is 12.2 Å². The zero-order chi connectivity index (χ0) is 15.4. The fraction of sp³-hybridized carbons (Fsp3) is 0.667. The highest BCUT2D eigenvalue weighted by Crippen LogP contribution is 2.34. The van der Waals surface area contributed by atoms with E-state index in [9.17, 15) is 14.4 Å². The van der Waals surface area contributed by atoms with Crippen LogP contribution < -0.4 is 5.32 Å². The molecule has 0 unspecified atom stereocenters. The van der Waals surface area contributed by atoms with E-state index in [1.54, 1.807) is 11.9 Å². The summed E-state index contributed by atoms with van der Waals surface area (Å²) in [7, 11) is 1.74. The van der Waals surface area contributed by atoms with Gasteiger partial charge >= 0.3 is 0 Å². The fourth-order valence-corrected chi connectivity index (χ4v) is 2.87. The van der Waals surface area contributed by atoms with E-state index in [4.69, 9.17) is 0 Å². The van der Waals surface area contributed by atoms with Crippen molar-refractivity contribution < 1.29 is 14.4 Å². The Balaban J connectivity index is 1.89. The molecule has 3 amide bonds. The maximum absolute atomic E-state index is 12.3. The Morgan fingerprint density at radius 3 is 2.38 bits per heavy atom. The van der Waals surface area contributed by atoms with Gasteiger partial charge < -0.3 is 5.32 Å². The van der Waals surface area contributed by atoms with Gasteiger partial charge in [-0.15, -0.1) is 0 Å². The monoisotopic (exact) mass is 293 g/mol. The van der Waals surface area contributed by atoms with E-state index in [2.05, 4.69) is 5.32 Å². The predicted octanol–water partition coefficient (Wildman–Crippen LogP) is 0.353. The first-order valence-corrected chi connectivity index (χ1v) is 7.50. The highest BCUT2D eigenvalue weighted by Gasteiger charge is 2.47. The Bertz CT molecular complexity index is 435. The van der Waals surface area contributed by atoms with Gasteiger partial charge in [0, 0.05) is 6.54 Å². The molecular weight excluding hydrogens is 270 g/mol. The number of likely N-dealkylation sites (N-methyl/N-ethyl adjacent to an activating group) is 1. The first kappa shape index (κ1) is 15.7. The molecule has 1 heterocycles. The molecule has 21 heavy (non-hydrogen) atoms. The van der Waals surface area contributed by atoms with Gasteiger partial charge in [0.15, 0.2) is 0 Å². The molecular formula is C15H23N3O3. The van der Waals surface area contributed by atoms with E-state index in [-0.39, 0.29) is 42.8 Å². The number of nitrogens with zero attached hydrogens (tertiary/aromatic N) is 2. The number of rotatable bonds is 6. The molecule has 6 nitrogen and oxygen atoms in total. The molecule has 0 aromatic heterocycles. The van der Waals surface area contributed by atoms with Gasteiger partial charge in [0.1, 0.15) is 0 Å². The van der Waals surface area contributed by atoms with Gasteiger partial charge in [0.25, 0.3) is 0 Å². The van der Waals surface area contributed by atoms with Crippen molar-refractivity contribution in [2.75, 3.05) is 26.8 Å². The minimum atomic E-state index is -0.204. The van der Waals surface area contributed by atoms with E-state index in [0.717, 1.165) is 6.42 Å². The minimum absolute atomic E-state index is 0.0856. The molecule has 2 rings (SSSR count). The van der Waals surface area contributed by atoms with Crippen LogP contribution in [0.5, 0.6) is 0 Å². The highest BCUT2D eigenvalue weighted by atomic mass is 16.2. The van der Waals surface area contributed by atoms with Crippen molar-refractivity contribution in [1.82, 2.24) is 15.1 Å². The van der Waals surface area contributed by atoms with E-state index in [1.807, 2.05) is 19.1 Å². The van der Waals surface area contributed by atoms with Crippen molar-refractivity contribution in [2.24, 2.45) is 11.8 Å². The molecule has 0 bridgehead atoms. The van der Waals surface area contributed by atoms with Gasteiger partial charge in [-0.2, -0.15) is 0 Å². The Kier molecular flexibility index (Phi) is 5.12. The summed E-state index contributed by atoms with van der Waals surface area (Å²) in [6.45, 7) is 3.00. The number of amides is 3. The van der Waals surface area contributed by atoms with E-state index < -0.39 is 0 Å². The number of hydrogen-bond acceptors (Lipinski definition) is 4. The molecule has 1 saturated heterocycles. The summed E-state index contributed by atoms with van der Waals surface area (Å²) in [5.74, 6) is -0.697. The maximum Gasteiger partial charge on any atom is 0.234 e. The molecule has 6 heteroatoms. The molecule has 0 aromatic rings. The van der Waals surface area contributed by atoms with Crippen LogP contribution in [0, 0.1) is 11.8 Å². The lowest BCUT2D eigenvalue weighted by atomic mass is 9.85. The summed E-state index contributed by atoms with van der Waals surface area (Å²) in [5.41, 5.74) is 0. The summed E-state index contributed by atoms with van der Waals surface area (Å²) in [4.78, 5) is 39.2. The predicted molar refractivity (Wildman–Crippen MR) is 78.0 cm³/mol. The van der Waals surface area contributed by atoms with Crippen LogP contribution in [0.2, 0.25) is 0 Å². The maximum atomic E-state index is 12.3. The molecule has 1 N–H and O–H groups in total. The van der Waals surface area contributed by atoms with Crippen LogP contribution in [-0.2, 0) is 14.4 Å². The average molecular weight is 293 g/mol. The standard InChI is InChI=1S/C15H23N3O3/c1-3-8-16-13(19)9-17(2)10-18-14(20)11-6-4-5-7-12(11)15(18)21/h4-5,11-12H,3,6-10H2,1-2H3,(H,16,19)/t11-,12-/m0/s1.